The van der Waals surface area contributed by atoms with E-state index < -0.39 is 11.9 Å². The number of pyridine rings is 1. The van der Waals surface area contributed by atoms with Gasteiger partial charge in [-0.15, -0.1) is 0 Å². The predicted molar refractivity (Wildman–Crippen MR) is 183 cm³/mol. The molecule has 0 radical (unpaired) electrons. The number of benzene rings is 2. The lowest BCUT2D eigenvalue weighted by atomic mass is 9.79. The number of hydrogen-bond acceptors (Lipinski definition) is 7. The second-order valence-electron chi connectivity index (χ2n) is 12.9. The lowest BCUT2D eigenvalue weighted by molar-refractivity contribution is 0.218. The lowest BCUT2D eigenvalue weighted by Crippen LogP contribution is -2.40. The van der Waals surface area contributed by atoms with Gasteiger partial charge in [0.1, 0.15) is 16.9 Å². The Kier molecular flexibility index (Phi) is 7.35. The van der Waals surface area contributed by atoms with E-state index in [1.165, 1.54) is 6.20 Å². The van der Waals surface area contributed by atoms with Crippen LogP contribution in [-0.4, -0.2) is 41.7 Å². The Hall–Kier alpha value is -4.98. The third kappa shape index (κ3) is 4.56. The van der Waals surface area contributed by atoms with Crippen molar-refractivity contribution in [2.75, 3.05) is 6.54 Å². The molecule has 2 bridgehead atoms. The molecule has 2 aromatic carbocycles. The number of aromatic nitrogens is 6. The van der Waals surface area contributed by atoms with Gasteiger partial charge in [-0.1, -0.05) is 29.8 Å². The molecule has 1 N–H and O–H groups in total. The van der Waals surface area contributed by atoms with E-state index in [1.54, 1.807) is 41.5 Å². The summed E-state index contributed by atoms with van der Waals surface area (Å²) in [6.07, 6.45) is 9.65. The van der Waals surface area contributed by atoms with Crippen molar-refractivity contribution in [1.82, 2.24) is 34.4 Å². The number of aryl methyl sites for hydroxylation is 2. The van der Waals surface area contributed by atoms with Crippen molar-refractivity contribution in [3.05, 3.63) is 105 Å². The van der Waals surface area contributed by atoms with E-state index in [4.69, 9.17) is 21.6 Å². The SMILES string of the molecule is Cc1cnc(-c2nc3c(F)c(-c4cccc(Cl)c4C)ccc3c3c2c(CCC#N)c([C@@H](C)n2ccncc2=O)n3[C@H]2[C@H]3CN[C@@H]2C3)cn1. The summed E-state index contributed by atoms with van der Waals surface area (Å²) in [6, 6.07) is 11.4. The van der Waals surface area contributed by atoms with Gasteiger partial charge in [0.25, 0.3) is 5.56 Å². The lowest BCUT2D eigenvalue weighted by Gasteiger charge is -2.39. The molecule has 0 spiro atoms. The number of hydrogen-bond donors (Lipinski definition) is 1. The zero-order valence-corrected chi connectivity index (χ0v) is 27.5. The molecule has 6 aromatic rings. The van der Waals surface area contributed by atoms with Crippen molar-refractivity contribution in [2.45, 2.75) is 58.2 Å². The van der Waals surface area contributed by atoms with Gasteiger partial charge >= 0.3 is 0 Å². The van der Waals surface area contributed by atoms with Crippen molar-refractivity contribution < 1.29 is 4.39 Å². The van der Waals surface area contributed by atoms with Gasteiger partial charge in [0.2, 0.25) is 0 Å². The Morgan fingerprint density at radius 1 is 1.15 bits per heavy atom. The Balaban J connectivity index is 1.55. The van der Waals surface area contributed by atoms with Crippen molar-refractivity contribution in [2.24, 2.45) is 5.92 Å². The quantitative estimate of drug-likeness (QED) is 0.199. The molecule has 0 amide bonds. The average molecular weight is 659 g/mol. The standard InChI is InChI=1S/C37H32ClFN8O/c1-19-15-43-29(17-42-19)34-31-25(7-5-11-40)35(21(3)46-13-12-41-18-30(46)48)47(36-22-14-28(36)44-16-22)37(31)26-10-9-24(32(39)33(26)45-34)23-6-4-8-27(38)20(23)2/h4,6,8-10,12-13,15,17-18,21-22,28,36,44H,5,7,14,16H2,1-3H3/t21-,22-,28-,36+/m1/s1. The first-order valence-corrected chi connectivity index (χ1v) is 16.5. The number of nitrogens with one attached hydrogen (secondary N) is 1. The van der Waals surface area contributed by atoms with Gasteiger partial charge in [-0.2, -0.15) is 5.26 Å². The Morgan fingerprint density at radius 3 is 2.71 bits per heavy atom. The van der Waals surface area contributed by atoms with E-state index in [-0.39, 0.29) is 29.6 Å². The van der Waals surface area contributed by atoms with Gasteiger partial charge in [-0.05, 0) is 68.4 Å². The van der Waals surface area contributed by atoms with E-state index in [0.717, 1.165) is 46.4 Å². The smallest absolute Gasteiger partial charge is 0.269 e. The summed E-state index contributed by atoms with van der Waals surface area (Å²) in [4.78, 5) is 31.6. The van der Waals surface area contributed by atoms with E-state index >= 15 is 4.39 Å². The molecule has 9 rings (SSSR count). The van der Waals surface area contributed by atoms with Crippen LogP contribution in [0.3, 0.4) is 0 Å². The van der Waals surface area contributed by atoms with Crippen molar-refractivity contribution in [3.8, 4) is 28.6 Å². The molecule has 1 aliphatic carbocycles. The van der Waals surface area contributed by atoms with Crippen LogP contribution in [0.1, 0.15) is 54.4 Å². The number of fused-ring (bicyclic) bond motifs is 4. The summed E-state index contributed by atoms with van der Waals surface area (Å²) >= 11 is 6.48. The highest BCUT2D eigenvalue weighted by molar-refractivity contribution is 6.31. The largest absolute Gasteiger partial charge is 0.337 e. The maximum Gasteiger partial charge on any atom is 0.269 e. The first kappa shape index (κ1) is 30.4. The first-order valence-electron chi connectivity index (χ1n) is 16.1. The highest BCUT2D eigenvalue weighted by Gasteiger charge is 2.50. The van der Waals surface area contributed by atoms with Crippen LogP contribution in [0, 0.1) is 36.9 Å². The molecule has 11 heteroatoms. The summed E-state index contributed by atoms with van der Waals surface area (Å²) in [7, 11) is 0. The van der Waals surface area contributed by atoms with Crippen LogP contribution >= 0.6 is 11.6 Å². The van der Waals surface area contributed by atoms with E-state index in [2.05, 4.69) is 25.9 Å². The minimum absolute atomic E-state index is 0.0683. The van der Waals surface area contributed by atoms with E-state index in [0.29, 0.717) is 45.3 Å². The van der Waals surface area contributed by atoms with Gasteiger partial charge in [-0.3, -0.25) is 19.7 Å². The maximum atomic E-state index is 17.1. The molecule has 2 saturated heterocycles. The molecule has 9 nitrogen and oxygen atoms in total. The van der Waals surface area contributed by atoms with Gasteiger partial charge in [0, 0.05) is 64.7 Å². The highest BCUT2D eigenvalue weighted by atomic mass is 35.5. The first-order chi connectivity index (χ1) is 23.3. The summed E-state index contributed by atoms with van der Waals surface area (Å²) in [5, 5.41) is 15.5. The molecule has 6 heterocycles. The van der Waals surface area contributed by atoms with Crippen molar-refractivity contribution in [1.29, 1.82) is 5.26 Å². The van der Waals surface area contributed by atoms with E-state index in [9.17, 15) is 10.1 Å². The molecule has 1 saturated carbocycles. The highest BCUT2D eigenvalue weighted by Crippen LogP contribution is 2.51. The topological polar surface area (TPSA) is 114 Å². The minimum Gasteiger partial charge on any atom is -0.337 e. The second kappa shape index (κ2) is 11.6. The molecular weight excluding hydrogens is 627 g/mol. The summed E-state index contributed by atoms with van der Waals surface area (Å²) in [5.41, 5.74) is 6.22. The third-order valence-electron chi connectivity index (χ3n) is 10.2. The van der Waals surface area contributed by atoms with Gasteiger partial charge < -0.3 is 14.5 Å². The molecule has 3 fully saturated rings. The van der Waals surface area contributed by atoms with Crippen LogP contribution in [0.4, 0.5) is 4.39 Å². The van der Waals surface area contributed by atoms with Crippen LogP contribution in [0.15, 0.2) is 66.1 Å². The minimum atomic E-state index is -0.456. The van der Waals surface area contributed by atoms with Gasteiger partial charge in [0.15, 0.2) is 5.82 Å². The van der Waals surface area contributed by atoms with Gasteiger partial charge in [-0.25, -0.2) is 9.37 Å². The Labute approximate surface area is 281 Å². The van der Waals surface area contributed by atoms with Crippen LogP contribution in [-0.2, 0) is 6.42 Å². The number of nitriles is 1. The number of rotatable bonds is 7. The number of nitrogens with zero attached hydrogens (tertiary/aromatic N) is 7. The Morgan fingerprint density at radius 2 is 2.00 bits per heavy atom. The normalized spacial score (nSPS) is 19.0. The van der Waals surface area contributed by atoms with Crippen LogP contribution in [0.2, 0.25) is 5.02 Å². The molecule has 48 heavy (non-hydrogen) atoms. The third-order valence-corrected chi connectivity index (χ3v) is 10.6. The fourth-order valence-electron chi connectivity index (χ4n) is 7.86. The monoisotopic (exact) mass is 658 g/mol. The van der Waals surface area contributed by atoms with E-state index in [1.807, 2.05) is 39.0 Å². The van der Waals surface area contributed by atoms with Crippen molar-refractivity contribution in [3.63, 3.8) is 0 Å². The average Bonchev–Trinajstić information content (AvgIpc) is 3.81. The fraction of sp³-hybridized carbons (Fsp3) is 0.297. The zero-order chi connectivity index (χ0) is 33.3. The Bertz CT molecular complexity index is 2350. The zero-order valence-electron chi connectivity index (χ0n) is 26.7. The molecular formula is C37H32ClFN8O. The summed E-state index contributed by atoms with van der Waals surface area (Å²) < 4.78 is 21.1. The molecule has 4 atom stereocenters. The molecule has 4 aromatic heterocycles. The number of halogens is 2. The molecule has 3 aliphatic rings. The fourth-order valence-corrected chi connectivity index (χ4v) is 8.04. The molecule has 240 valence electrons. The predicted octanol–water partition coefficient (Wildman–Crippen LogP) is 6.88. The van der Waals surface area contributed by atoms with Crippen LogP contribution < -0.4 is 10.9 Å². The molecule has 0 unspecified atom stereocenters. The summed E-state index contributed by atoms with van der Waals surface area (Å²) in [5.74, 6) is -0.0966. The van der Waals surface area contributed by atoms with Crippen LogP contribution in [0.25, 0.3) is 44.3 Å². The van der Waals surface area contributed by atoms with Crippen molar-refractivity contribution >= 4 is 33.4 Å². The molecule has 2 aliphatic heterocycles. The van der Waals surface area contributed by atoms with Crippen LogP contribution in [0.5, 0.6) is 0 Å². The summed E-state index contributed by atoms with van der Waals surface area (Å²) in [6.45, 7) is 6.61. The second-order valence-corrected chi connectivity index (χ2v) is 13.3. The van der Waals surface area contributed by atoms with Gasteiger partial charge in [0.05, 0.1) is 41.8 Å². The maximum absolute atomic E-state index is 17.1.